The summed E-state index contributed by atoms with van der Waals surface area (Å²) < 4.78 is 4.84. The van der Waals surface area contributed by atoms with E-state index in [0.717, 1.165) is 32.1 Å². The zero-order chi connectivity index (χ0) is 14.3. The van der Waals surface area contributed by atoms with Gasteiger partial charge in [0, 0.05) is 22.8 Å². The summed E-state index contributed by atoms with van der Waals surface area (Å²) in [5.74, 6) is -0.338. The zero-order valence-electron chi connectivity index (χ0n) is 11.9. The number of ketones is 1. The number of methoxy groups -OCH3 is 1. The minimum Gasteiger partial charge on any atom is -0.466 e. The molecule has 0 saturated heterocycles. The molecule has 1 spiro atoms. The highest BCUT2D eigenvalue weighted by Gasteiger charge is 2.55. The summed E-state index contributed by atoms with van der Waals surface area (Å²) in [6, 6.07) is 0. The number of carbonyl (C=O) groups is 2. The van der Waals surface area contributed by atoms with E-state index in [0.29, 0.717) is 18.4 Å². The van der Waals surface area contributed by atoms with Gasteiger partial charge in [-0.15, -0.1) is 0 Å². The molecule has 0 aromatic heterocycles. The summed E-state index contributed by atoms with van der Waals surface area (Å²) in [5.41, 5.74) is 0.164. The molecule has 0 unspecified atom stereocenters. The Labute approximate surface area is 119 Å². The van der Waals surface area contributed by atoms with Gasteiger partial charge in [-0.1, -0.05) is 18.9 Å². The lowest BCUT2D eigenvalue weighted by Crippen LogP contribution is -2.38. The highest BCUT2D eigenvalue weighted by atomic mass is 16.5. The molecule has 3 aliphatic carbocycles. The number of aliphatic hydroxyl groups excluding tert-OH is 1. The van der Waals surface area contributed by atoms with Crippen LogP contribution in [0.15, 0.2) is 11.6 Å². The van der Waals surface area contributed by atoms with Crippen LogP contribution in [0, 0.1) is 17.3 Å². The SMILES string of the molecule is COC(=O)C1=C[C@@H]2[C@@H](O)CC[C@@]23CCCC[C@H](C1)C3=O. The Morgan fingerprint density at radius 1 is 1.35 bits per heavy atom. The Balaban J connectivity index is 2.07. The number of carbonyl (C=O) groups excluding carboxylic acids is 2. The Bertz CT molecular complexity index is 467. The van der Waals surface area contributed by atoms with Crippen molar-refractivity contribution >= 4 is 11.8 Å². The Morgan fingerprint density at radius 3 is 2.90 bits per heavy atom. The smallest absolute Gasteiger partial charge is 0.333 e. The van der Waals surface area contributed by atoms with Crippen molar-refractivity contribution in [1.82, 2.24) is 0 Å². The molecule has 0 amide bonds. The van der Waals surface area contributed by atoms with E-state index in [1.807, 2.05) is 6.08 Å². The van der Waals surface area contributed by atoms with Gasteiger partial charge in [-0.2, -0.15) is 0 Å². The van der Waals surface area contributed by atoms with Gasteiger partial charge in [-0.05, 0) is 32.1 Å². The molecule has 1 N–H and O–H groups in total. The fraction of sp³-hybridized carbons (Fsp3) is 0.750. The average molecular weight is 278 g/mol. The first-order chi connectivity index (χ1) is 9.58. The first-order valence-corrected chi connectivity index (χ1v) is 7.60. The number of fused-ring (bicyclic) bond motifs is 1. The predicted molar refractivity (Wildman–Crippen MR) is 72.8 cm³/mol. The van der Waals surface area contributed by atoms with E-state index in [1.165, 1.54) is 7.11 Å². The summed E-state index contributed by atoms with van der Waals surface area (Å²) >= 11 is 0. The normalized spacial score (nSPS) is 40.4. The van der Waals surface area contributed by atoms with Crippen LogP contribution in [0.4, 0.5) is 0 Å². The zero-order valence-corrected chi connectivity index (χ0v) is 11.9. The molecule has 2 saturated carbocycles. The Morgan fingerprint density at radius 2 is 2.15 bits per heavy atom. The molecular weight excluding hydrogens is 256 g/mol. The lowest BCUT2D eigenvalue weighted by Gasteiger charge is -2.32. The van der Waals surface area contributed by atoms with Gasteiger partial charge in [-0.3, -0.25) is 4.79 Å². The van der Waals surface area contributed by atoms with Crippen LogP contribution in [0.1, 0.15) is 44.9 Å². The fourth-order valence-electron chi connectivity index (χ4n) is 4.49. The Kier molecular flexibility index (Phi) is 3.44. The molecule has 20 heavy (non-hydrogen) atoms. The van der Waals surface area contributed by atoms with Crippen molar-refractivity contribution in [3.8, 4) is 0 Å². The minimum atomic E-state index is -0.504. The maximum absolute atomic E-state index is 13.0. The van der Waals surface area contributed by atoms with Gasteiger partial charge < -0.3 is 9.84 Å². The van der Waals surface area contributed by atoms with E-state index in [4.69, 9.17) is 4.74 Å². The Hall–Kier alpha value is -1.16. The van der Waals surface area contributed by atoms with Crippen LogP contribution in [0.2, 0.25) is 0 Å². The van der Waals surface area contributed by atoms with Gasteiger partial charge in [0.1, 0.15) is 5.78 Å². The predicted octanol–water partition coefficient (Wildman–Crippen LogP) is 2.01. The van der Waals surface area contributed by atoms with E-state index < -0.39 is 11.5 Å². The minimum absolute atomic E-state index is 0.0712. The molecule has 4 heteroatoms. The second kappa shape index (κ2) is 4.99. The molecule has 110 valence electrons. The number of ether oxygens (including phenoxy) is 1. The van der Waals surface area contributed by atoms with Crippen LogP contribution in [0.5, 0.6) is 0 Å². The number of hydrogen-bond acceptors (Lipinski definition) is 4. The molecule has 4 nitrogen and oxygen atoms in total. The quantitative estimate of drug-likeness (QED) is 0.745. The van der Waals surface area contributed by atoms with Crippen LogP contribution in [0.3, 0.4) is 0 Å². The number of hydrogen-bond donors (Lipinski definition) is 1. The molecule has 2 fully saturated rings. The third-order valence-electron chi connectivity index (χ3n) is 5.52. The van der Waals surface area contributed by atoms with Crippen molar-refractivity contribution < 1.29 is 19.4 Å². The molecule has 0 aliphatic heterocycles. The third-order valence-corrected chi connectivity index (χ3v) is 5.52. The van der Waals surface area contributed by atoms with Crippen LogP contribution in [-0.2, 0) is 14.3 Å². The topological polar surface area (TPSA) is 63.6 Å². The molecule has 0 radical (unpaired) electrons. The van der Waals surface area contributed by atoms with E-state index in [2.05, 4.69) is 0 Å². The summed E-state index contributed by atoms with van der Waals surface area (Å²) in [5, 5.41) is 10.3. The monoisotopic (exact) mass is 278 g/mol. The molecule has 0 aromatic rings. The fourth-order valence-corrected chi connectivity index (χ4v) is 4.49. The van der Waals surface area contributed by atoms with Crippen molar-refractivity contribution in [2.24, 2.45) is 17.3 Å². The van der Waals surface area contributed by atoms with Gasteiger partial charge in [0.2, 0.25) is 0 Å². The van der Waals surface area contributed by atoms with Crippen LogP contribution in [-0.4, -0.2) is 30.1 Å². The van der Waals surface area contributed by atoms with E-state index in [9.17, 15) is 14.7 Å². The first kappa shape index (κ1) is 13.8. The van der Waals surface area contributed by atoms with Crippen molar-refractivity contribution in [3.63, 3.8) is 0 Å². The van der Waals surface area contributed by atoms with Crippen molar-refractivity contribution in [2.45, 2.75) is 51.0 Å². The summed E-state index contributed by atoms with van der Waals surface area (Å²) in [6.45, 7) is 0. The van der Waals surface area contributed by atoms with Gasteiger partial charge in [-0.25, -0.2) is 4.79 Å². The van der Waals surface area contributed by atoms with Gasteiger partial charge >= 0.3 is 5.97 Å². The molecule has 3 aliphatic rings. The van der Waals surface area contributed by atoms with Gasteiger partial charge in [0.05, 0.1) is 13.2 Å². The molecule has 4 atom stereocenters. The van der Waals surface area contributed by atoms with Crippen LogP contribution in [0.25, 0.3) is 0 Å². The summed E-state index contributed by atoms with van der Waals surface area (Å²) in [7, 11) is 1.37. The average Bonchev–Trinajstić information content (AvgIpc) is 2.61. The molecular formula is C16H22O4. The maximum Gasteiger partial charge on any atom is 0.333 e. The number of esters is 1. The standard InChI is InChI=1S/C16H22O4/c1-20-15(19)11-8-10-4-2-3-6-16(14(10)18)7-5-13(17)12(16)9-11/h9-10,12-13,17H,2-8H2,1H3/t10-,12-,13+,16+/m1/s1. The number of aliphatic hydroxyl groups is 1. The first-order valence-electron chi connectivity index (χ1n) is 7.60. The third kappa shape index (κ3) is 1.93. The number of Topliss-reactive ketones (excluding diaryl/α,β-unsaturated/α-hetero) is 1. The second-order valence-electron chi connectivity index (χ2n) is 6.48. The van der Waals surface area contributed by atoms with Crippen molar-refractivity contribution in [2.75, 3.05) is 7.11 Å². The van der Waals surface area contributed by atoms with E-state index >= 15 is 0 Å². The van der Waals surface area contributed by atoms with Crippen LogP contribution < -0.4 is 0 Å². The van der Waals surface area contributed by atoms with E-state index in [1.54, 1.807) is 0 Å². The highest BCUT2D eigenvalue weighted by molar-refractivity contribution is 5.94. The molecule has 3 rings (SSSR count). The summed E-state index contributed by atoms with van der Waals surface area (Å²) in [4.78, 5) is 24.9. The highest BCUT2D eigenvalue weighted by Crippen LogP contribution is 2.54. The van der Waals surface area contributed by atoms with E-state index in [-0.39, 0.29) is 23.6 Å². The van der Waals surface area contributed by atoms with Crippen molar-refractivity contribution in [3.05, 3.63) is 11.6 Å². The lowest BCUT2D eigenvalue weighted by atomic mass is 9.69. The van der Waals surface area contributed by atoms with Crippen LogP contribution >= 0.6 is 0 Å². The number of rotatable bonds is 1. The second-order valence-corrected chi connectivity index (χ2v) is 6.48. The molecule has 0 aromatic carbocycles. The van der Waals surface area contributed by atoms with Gasteiger partial charge in [0.15, 0.2) is 0 Å². The summed E-state index contributed by atoms with van der Waals surface area (Å²) in [6.07, 6.45) is 7.06. The molecule has 0 heterocycles. The molecule has 2 bridgehead atoms. The lowest BCUT2D eigenvalue weighted by molar-refractivity contribution is -0.136. The van der Waals surface area contributed by atoms with Gasteiger partial charge in [0.25, 0.3) is 0 Å². The maximum atomic E-state index is 13.0. The van der Waals surface area contributed by atoms with Crippen molar-refractivity contribution in [1.29, 1.82) is 0 Å². The largest absolute Gasteiger partial charge is 0.466 e.